The Morgan fingerprint density at radius 1 is 1.47 bits per heavy atom. The van der Waals surface area contributed by atoms with Crippen molar-refractivity contribution in [2.24, 2.45) is 0 Å². The van der Waals surface area contributed by atoms with Crippen molar-refractivity contribution in [3.8, 4) is 0 Å². The molecule has 1 rings (SSSR count). The van der Waals surface area contributed by atoms with Gasteiger partial charge in [0.05, 0.1) is 5.02 Å². The molecule has 4 nitrogen and oxygen atoms in total. The Labute approximate surface area is 87.5 Å². The smallest absolute Gasteiger partial charge is 0.475 e. The van der Waals surface area contributed by atoms with Crippen LogP contribution in [0.3, 0.4) is 0 Å². The normalized spacial score (nSPS) is 10.1. The average Bonchev–Trinajstić information content (AvgIpc) is 2.09. The van der Waals surface area contributed by atoms with Crippen LogP contribution in [0.25, 0.3) is 0 Å². The zero-order valence-corrected chi connectivity index (χ0v) is 7.88. The van der Waals surface area contributed by atoms with Crippen LogP contribution in [0.2, 0.25) is 5.02 Å². The predicted octanol–water partition coefficient (Wildman–Crippen LogP) is 1.95. The minimum absolute atomic E-state index is 0.495. The third-order valence-electron chi connectivity index (χ3n) is 0.993. The molecule has 0 unspecified atom stereocenters. The van der Waals surface area contributed by atoms with Gasteiger partial charge in [0, 0.05) is 6.20 Å². The number of carbonyl (C=O) groups is 1. The quantitative estimate of drug-likeness (QED) is 0.729. The van der Waals surface area contributed by atoms with Gasteiger partial charge < -0.3 is 10.8 Å². The fourth-order valence-electron chi connectivity index (χ4n) is 0.387. The van der Waals surface area contributed by atoms with Crippen molar-refractivity contribution in [1.29, 1.82) is 0 Å². The summed E-state index contributed by atoms with van der Waals surface area (Å²) in [6.07, 6.45) is -3.57. The van der Waals surface area contributed by atoms with Crippen LogP contribution >= 0.6 is 11.6 Å². The van der Waals surface area contributed by atoms with Crippen molar-refractivity contribution in [3.05, 3.63) is 23.4 Å². The van der Waals surface area contributed by atoms with Crippen LogP contribution < -0.4 is 5.73 Å². The number of anilines is 1. The third kappa shape index (κ3) is 6.55. The maximum Gasteiger partial charge on any atom is 0.490 e. The minimum atomic E-state index is -5.08. The lowest BCUT2D eigenvalue weighted by Gasteiger charge is -1.93. The van der Waals surface area contributed by atoms with Gasteiger partial charge in [-0.1, -0.05) is 11.6 Å². The average molecular weight is 243 g/mol. The molecule has 1 aromatic heterocycles. The molecule has 0 aromatic carbocycles. The molecule has 0 atom stereocenters. The molecule has 0 aliphatic carbocycles. The van der Waals surface area contributed by atoms with Crippen molar-refractivity contribution in [3.63, 3.8) is 0 Å². The zero-order valence-electron chi connectivity index (χ0n) is 7.12. The lowest BCUT2D eigenvalue weighted by Crippen LogP contribution is -2.21. The molecule has 0 fully saturated rings. The summed E-state index contributed by atoms with van der Waals surface area (Å²) in [4.78, 5) is 12.6. The van der Waals surface area contributed by atoms with Gasteiger partial charge >= 0.3 is 12.1 Å². The monoisotopic (exact) mass is 242 g/mol. The minimum Gasteiger partial charge on any atom is -0.475 e. The van der Waals surface area contributed by atoms with Crippen LogP contribution in [0.5, 0.6) is 0 Å². The number of carboxylic acid groups (broad SMARTS) is 1. The molecule has 0 aliphatic rings. The number of pyridine rings is 1. The van der Waals surface area contributed by atoms with E-state index >= 15 is 0 Å². The third-order valence-corrected chi connectivity index (χ3v) is 1.22. The van der Waals surface area contributed by atoms with Crippen molar-refractivity contribution in [2.75, 3.05) is 5.73 Å². The number of aromatic nitrogens is 1. The molecule has 8 heteroatoms. The van der Waals surface area contributed by atoms with Gasteiger partial charge in [0.15, 0.2) is 0 Å². The number of nitrogens with two attached hydrogens (primary N) is 1. The Morgan fingerprint density at radius 2 is 1.93 bits per heavy atom. The number of nitrogen functional groups attached to an aromatic ring is 1. The summed E-state index contributed by atoms with van der Waals surface area (Å²) in [6, 6.07) is 3.35. The fraction of sp³-hybridized carbons (Fsp3) is 0.143. The molecule has 15 heavy (non-hydrogen) atoms. The van der Waals surface area contributed by atoms with E-state index in [0.29, 0.717) is 10.8 Å². The lowest BCUT2D eigenvalue weighted by molar-refractivity contribution is -0.192. The van der Waals surface area contributed by atoms with E-state index in [-0.39, 0.29) is 0 Å². The molecule has 0 radical (unpaired) electrons. The number of alkyl halides is 3. The lowest BCUT2D eigenvalue weighted by atomic mass is 10.5. The molecule has 1 heterocycles. The SMILES string of the molecule is Nc1ccc(Cl)cn1.O=C(O)C(F)(F)F. The fourth-order valence-corrected chi connectivity index (χ4v) is 0.499. The first-order valence-corrected chi connectivity index (χ1v) is 3.78. The number of nitrogens with zero attached hydrogens (tertiary/aromatic N) is 1. The van der Waals surface area contributed by atoms with E-state index in [0.717, 1.165) is 0 Å². The van der Waals surface area contributed by atoms with E-state index in [1.54, 1.807) is 12.1 Å². The molecule has 0 spiro atoms. The highest BCUT2D eigenvalue weighted by atomic mass is 35.5. The van der Waals surface area contributed by atoms with E-state index < -0.39 is 12.1 Å². The maximum atomic E-state index is 10.6. The Balaban J connectivity index is 0.000000265. The number of rotatable bonds is 0. The second kappa shape index (κ2) is 5.40. The molecular formula is C7H6ClF3N2O2. The number of hydrogen-bond donors (Lipinski definition) is 2. The predicted molar refractivity (Wildman–Crippen MR) is 47.4 cm³/mol. The Kier molecular flexibility index (Phi) is 4.86. The van der Waals surface area contributed by atoms with Crippen molar-refractivity contribution >= 4 is 23.4 Å². The van der Waals surface area contributed by atoms with Crippen molar-refractivity contribution < 1.29 is 23.1 Å². The molecule has 0 aliphatic heterocycles. The number of hydrogen-bond acceptors (Lipinski definition) is 3. The van der Waals surface area contributed by atoms with Gasteiger partial charge in [-0.15, -0.1) is 0 Å². The first kappa shape index (κ1) is 13.5. The highest BCUT2D eigenvalue weighted by Gasteiger charge is 2.38. The van der Waals surface area contributed by atoms with Gasteiger partial charge in [0.2, 0.25) is 0 Å². The Bertz CT molecular complexity index is 305. The van der Waals surface area contributed by atoms with E-state index in [1.807, 2.05) is 0 Å². The van der Waals surface area contributed by atoms with Gasteiger partial charge in [-0.3, -0.25) is 0 Å². The van der Waals surface area contributed by atoms with Gasteiger partial charge in [-0.25, -0.2) is 9.78 Å². The van der Waals surface area contributed by atoms with Crippen molar-refractivity contribution in [2.45, 2.75) is 6.18 Å². The van der Waals surface area contributed by atoms with Gasteiger partial charge in [0.1, 0.15) is 5.82 Å². The molecule has 3 N–H and O–H groups in total. The van der Waals surface area contributed by atoms with E-state index in [9.17, 15) is 13.2 Å². The van der Waals surface area contributed by atoms with Crippen LogP contribution in [-0.2, 0) is 4.79 Å². The second-order valence-corrected chi connectivity index (χ2v) is 2.64. The molecule has 0 saturated heterocycles. The van der Waals surface area contributed by atoms with Gasteiger partial charge in [0.25, 0.3) is 0 Å². The summed E-state index contributed by atoms with van der Waals surface area (Å²) >= 11 is 5.49. The molecule has 84 valence electrons. The Hall–Kier alpha value is -1.50. The summed E-state index contributed by atoms with van der Waals surface area (Å²) < 4.78 is 31.7. The summed E-state index contributed by atoms with van der Waals surface area (Å²) in [6.45, 7) is 0. The molecule has 0 bridgehead atoms. The van der Waals surface area contributed by atoms with E-state index in [1.165, 1.54) is 6.20 Å². The maximum absolute atomic E-state index is 10.6. The first-order valence-electron chi connectivity index (χ1n) is 3.40. The summed E-state index contributed by atoms with van der Waals surface area (Å²) in [5.74, 6) is -2.26. The van der Waals surface area contributed by atoms with Gasteiger partial charge in [-0.05, 0) is 12.1 Å². The Morgan fingerprint density at radius 3 is 2.13 bits per heavy atom. The first-order chi connectivity index (χ1) is 6.73. The molecular weight excluding hydrogens is 237 g/mol. The van der Waals surface area contributed by atoms with Gasteiger partial charge in [-0.2, -0.15) is 13.2 Å². The number of aliphatic carboxylic acids is 1. The highest BCUT2D eigenvalue weighted by Crippen LogP contribution is 2.13. The topological polar surface area (TPSA) is 76.2 Å². The molecule has 0 amide bonds. The standard InChI is InChI=1S/C5H5ClN2.C2HF3O2/c6-4-1-2-5(7)8-3-4;3-2(4,5)1(6)7/h1-3H,(H2,7,8);(H,6,7). The molecule has 0 saturated carbocycles. The van der Waals surface area contributed by atoms with Crippen molar-refractivity contribution in [1.82, 2.24) is 4.98 Å². The number of carboxylic acids is 1. The van der Waals surface area contributed by atoms with E-state index in [2.05, 4.69) is 4.98 Å². The largest absolute Gasteiger partial charge is 0.490 e. The van der Waals surface area contributed by atoms with Crippen LogP contribution in [0.4, 0.5) is 19.0 Å². The van der Waals surface area contributed by atoms with Crippen LogP contribution in [0.15, 0.2) is 18.3 Å². The second-order valence-electron chi connectivity index (χ2n) is 2.20. The molecule has 1 aromatic rings. The highest BCUT2D eigenvalue weighted by molar-refractivity contribution is 6.30. The van der Waals surface area contributed by atoms with Crippen LogP contribution in [0.1, 0.15) is 0 Å². The number of halogens is 4. The summed E-state index contributed by atoms with van der Waals surface area (Å²) in [5.41, 5.74) is 5.26. The summed E-state index contributed by atoms with van der Waals surface area (Å²) in [7, 11) is 0. The zero-order chi connectivity index (χ0) is 12.1. The van der Waals surface area contributed by atoms with E-state index in [4.69, 9.17) is 27.2 Å². The van der Waals surface area contributed by atoms with Crippen LogP contribution in [-0.4, -0.2) is 22.2 Å². The summed E-state index contributed by atoms with van der Waals surface area (Å²) in [5, 5.41) is 7.74. The van der Waals surface area contributed by atoms with Crippen LogP contribution in [0, 0.1) is 0 Å².